The fourth-order valence-corrected chi connectivity index (χ4v) is 0. The molecular formula is H4O4P2Zn. The molecule has 7 heteroatoms. The van der Waals surface area contributed by atoms with Crippen LogP contribution < -0.4 is 19.6 Å². The topological polar surface area (TPSA) is 92.2 Å². The monoisotopic (exact) mass is 194 g/mol. The normalized spacial score (nSPS) is 5.14. The van der Waals surface area contributed by atoms with E-state index in [4.69, 9.17) is 19.6 Å². The van der Waals surface area contributed by atoms with Crippen LogP contribution in [0, 0.1) is 0 Å². The summed E-state index contributed by atoms with van der Waals surface area (Å²) in [5.41, 5.74) is 0. The molecule has 40 valence electrons. The Hall–Kier alpha value is 1.32. The Morgan fingerprint density at radius 1 is 0.714 bits per heavy atom. The molecule has 0 aromatic carbocycles. The average Bonchev–Trinajstić information content (AvgIpc) is 1.39. The predicted octanol–water partition coefficient (Wildman–Crippen LogP) is -4.11. The van der Waals surface area contributed by atoms with Crippen LogP contribution in [0.1, 0.15) is 0 Å². The molecule has 0 N–H and O–H groups in total. The first-order chi connectivity index (χ1) is 2.83. The van der Waals surface area contributed by atoms with Gasteiger partial charge in [-0.25, -0.2) is 0 Å². The fourth-order valence-electron chi connectivity index (χ4n) is 0. The van der Waals surface area contributed by atoms with E-state index in [1.165, 1.54) is 0 Å². The van der Waals surface area contributed by atoms with Gasteiger partial charge >= 0.3 is 19.5 Å². The van der Waals surface area contributed by atoms with E-state index >= 15 is 0 Å². The SMILES string of the molecule is [O-][PH2+][O-].[O-][PH2+][O-].[Zn+2]. The van der Waals surface area contributed by atoms with Crippen molar-refractivity contribution in [1.82, 2.24) is 0 Å². The second-order valence-electron chi connectivity index (χ2n) is 0.192. The molecule has 4 nitrogen and oxygen atoms in total. The quantitative estimate of drug-likeness (QED) is 0.290. The first-order valence-electron chi connectivity index (χ1n) is 0.943. The maximum absolute atomic E-state index is 8.46. The van der Waals surface area contributed by atoms with Crippen LogP contribution in [0.2, 0.25) is 0 Å². The standard InChI is InChI=1S/2H2O2P.Zn/c2*1-3-2;/h2*3H2;/q2*-1;+2. The van der Waals surface area contributed by atoms with Crippen molar-refractivity contribution in [2.45, 2.75) is 0 Å². The van der Waals surface area contributed by atoms with Crippen LogP contribution in [-0.4, -0.2) is 0 Å². The summed E-state index contributed by atoms with van der Waals surface area (Å²) in [6, 6.07) is 0. The fraction of sp³-hybridized carbons (Fsp3) is 0. The Morgan fingerprint density at radius 2 is 0.714 bits per heavy atom. The van der Waals surface area contributed by atoms with Gasteiger partial charge in [-0.05, 0) is 0 Å². The van der Waals surface area contributed by atoms with Crippen molar-refractivity contribution < 1.29 is 39.1 Å². The van der Waals surface area contributed by atoms with Crippen LogP contribution in [0.15, 0.2) is 0 Å². The van der Waals surface area contributed by atoms with Gasteiger partial charge in [0.15, 0.2) is 0 Å². The molecule has 0 saturated heterocycles. The van der Waals surface area contributed by atoms with Gasteiger partial charge in [0, 0.05) is 0 Å². The van der Waals surface area contributed by atoms with E-state index < -0.39 is 18.1 Å². The van der Waals surface area contributed by atoms with Crippen molar-refractivity contribution in [2.75, 3.05) is 0 Å². The minimum atomic E-state index is -1.75. The van der Waals surface area contributed by atoms with Gasteiger partial charge in [0.1, 0.15) is 0 Å². The Bertz CT molecular complexity index is 11.7. The minimum Gasteiger partial charge on any atom is -0.687 e. The zero-order valence-electron chi connectivity index (χ0n) is 3.49. The van der Waals surface area contributed by atoms with Crippen molar-refractivity contribution >= 4 is 18.1 Å². The molecule has 0 aliphatic rings. The summed E-state index contributed by atoms with van der Waals surface area (Å²) >= 11 is 0. The van der Waals surface area contributed by atoms with Gasteiger partial charge in [0.05, 0.1) is 0 Å². The van der Waals surface area contributed by atoms with E-state index in [1.807, 2.05) is 0 Å². The molecule has 0 aliphatic heterocycles. The first kappa shape index (κ1) is 15.8. The second-order valence-corrected chi connectivity index (χ2v) is 0.577. The molecule has 0 fully saturated rings. The van der Waals surface area contributed by atoms with Crippen molar-refractivity contribution in [1.29, 1.82) is 0 Å². The Morgan fingerprint density at radius 3 is 0.714 bits per heavy atom. The summed E-state index contributed by atoms with van der Waals surface area (Å²) in [5, 5.41) is 0. The minimum absolute atomic E-state index is 0. The summed E-state index contributed by atoms with van der Waals surface area (Å²) in [4.78, 5) is 33.8. The van der Waals surface area contributed by atoms with Crippen LogP contribution in [0.4, 0.5) is 0 Å². The number of hydrogen-bond donors (Lipinski definition) is 0. The summed E-state index contributed by atoms with van der Waals surface area (Å²) in [7, 11) is -3.50. The van der Waals surface area contributed by atoms with Gasteiger partial charge in [0.2, 0.25) is 0 Å². The van der Waals surface area contributed by atoms with Crippen molar-refractivity contribution in [2.24, 2.45) is 0 Å². The van der Waals surface area contributed by atoms with E-state index in [0.29, 0.717) is 0 Å². The van der Waals surface area contributed by atoms with Gasteiger partial charge < -0.3 is 19.6 Å². The third-order valence-corrected chi connectivity index (χ3v) is 0. The van der Waals surface area contributed by atoms with Crippen LogP contribution >= 0.6 is 18.1 Å². The third kappa shape index (κ3) is 119. The maximum Gasteiger partial charge on any atom is 2.00 e. The van der Waals surface area contributed by atoms with Gasteiger partial charge in [-0.2, -0.15) is 0 Å². The van der Waals surface area contributed by atoms with Gasteiger partial charge in [-0.1, -0.05) is 0 Å². The molecule has 0 aliphatic carbocycles. The molecule has 0 saturated carbocycles. The molecule has 0 aromatic heterocycles. The molecule has 0 atom stereocenters. The van der Waals surface area contributed by atoms with Crippen LogP contribution in [0.25, 0.3) is 0 Å². The summed E-state index contributed by atoms with van der Waals surface area (Å²) in [6.45, 7) is 0. The second kappa shape index (κ2) is 26.5. The molecule has 0 radical (unpaired) electrons. The summed E-state index contributed by atoms with van der Waals surface area (Å²) in [6.07, 6.45) is 0. The van der Waals surface area contributed by atoms with Crippen molar-refractivity contribution in [3.05, 3.63) is 0 Å². The molecule has 0 heterocycles. The average molecular weight is 195 g/mol. The smallest absolute Gasteiger partial charge is 0.687 e. The van der Waals surface area contributed by atoms with Gasteiger partial charge in [-0.3, -0.25) is 0 Å². The van der Waals surface area contributed by atoms with Crippen LogP contribution in [0.3, 0.4) is 0 Å². The largest absolute Gasteiger partial charge is 2.00 e. The molecule has 0 amide bonds. The molecular weight excluding hydrogens is 191 g/mol. The van der Waals surface area contributed by atoms with E-state index in [9.17, 15) is 0 Å². The van der Waals surface area contributed by atoms with Crippen LogP contribution in [0.5, 0.6) is 0 Å². The Kier molecular flexibility index (Phi) is 59.7. The van der Waals surface area contributed by atoms with Gasteiger partial charge in [-0.15, -0.1) is 18.1 Å². The van der Waals surface area contributed by atoms with Crippen molar-refractivity contribution in [3.8, 4) is 0 Å². The molecule has 0 rings (SSSR count). The molecule has 0 spiro atoms. The molecule has 0 unspecified atom stereocenters. The zero-order valence-corrected chi connectivity index (χ0v) is 8.77. The summed E-state index contributed by atoms with van der Waals surface area (Å²) in [5.74, 6) is 0. The predicted molar refractivity (Wildman–Crippen MR) is 19.4 cm³/mol. The van der Waals surface area contributed by atoms with E-state index in [0.717, 1.165) is 0 Å². The Labute approximate surface area is 57.6 Å². The third-order valence-electron chi connectivity index (χ3n) is 0. The number of hydrogen-bond acceptors (Lipinski definition) is 4. The van der Waals surface area contributed by atoms with E-state index in [-0.39, 0.29) is 19.5 Å². The van der Waals surface area contributed by atoms with E-state index in [2.05, 4.69) is 0 Å². The van der Waals surface area contributed by atoms with E-state index in [1.54, 1.807) is 0 Å². The zero-order chi connectivity index (χ0) is 5.41. The maximum atomic E-state index is 8.46. The Balaban J connectivity index is -0.0000000400. The van der Waals surface area contributed by atoms with Crippen LogP contribution in [-0.2, 0) is 19.5 Å². The molecule has 7 heavy (non-hydrogen) atoms. The van der Waals surface area contributed by atoms with Crippen molar-refractivity contribution in [3.63, 3.8) is 0 Å². The molecule has 0 bridgehead atoms. The first-order valence-corrected chi connectivity index (χ1v) is 2.83. The summed E-state index contributed by atoms with van der Waals surface area (Å²) < 4.78 is 0. The molecule has 0 aromatic rings. The van der Waals surface area contributed by atoms with Gasteiger partial charge in [0.25, 0.3) is 0 Å². The number of rotatable bonds is 0.